The van der Waals surface area contributed by atoms with Gasteiger partial charge in [-0.05, 0) is 37.5 Å². The van der Waals surface area contributed by atoms with Crippen LogP contribution in [0.15, 0.2) is 24.3 Å². The summed E-state index contributed by atoms with van der Waals surface area (Å²) in [5.41, 5.74) is 5.34. The first-order chi connectivity index (χ1) is 11.0. The Hall–Kier alpha value is -2.08. The number of benzene rings is 1. The molecule has 0 radical (unpaired) electrons. The standard InChI is InChI=1S/C17H24N2O4/c1-22-14-6-3-5-13(11-14)16(21)19-10-4-8-17(12-19,23-2)9-7-15(18)20/h3,5-6,11H,4,7-10,12H2,1-2H3,(H2,18,20)/t17-/m1/s1. The van der Waals surface area contributed by atoms with Gasteiger partial charge in [-0.1, -0.05) is 6.07 Å². The Morgan fingerprint density at radius 2 is 2.13 bits per heavy atom. The van der Waals surface area contributed by atoms with Gasteiger partial charge in [0, 0.05) is 32.2 Å². The van der Waals surface area contributed by atoms with Crippen molar-refractivity contribution in [2.45, 2.75) is 31.3 Å². The number of nitrogens with zero attached hydrogens (tertiary/aromatic N) is 1. The van der Waals surface area contributed by atoms with E-state index in [2.05, 4.69) is 0 Å². The lowest BCUT2D eigenvalue weighted by Crippen LogP contribution is -2.51. The highest BCUT2D eigenvalue weighted by molar-refractivity contribution is 5.94. The lowest BCUT2D eigenvalue weighted by atomic mass is 9.87. The van der Waals surface area contributed by atoms with Crippen LogP contribution in [-0.4, -0.2) is 49.6 Å². The fourth-order valence-electron chi connectivity index (χ4n) is 3.03. The van der Waals surface area contributed by atoms with Crippen LogP contribution < -0.4 is 10.5 Å². The van der Waals surface area contributed by atoms with E-state index < -0.39 is 5.60 Å². The molecule has 1 atom stereocenters. The maximum absolute atomic E-state index is 12.7. The van der Waals surface area contributed by atoms with Crippen LogP contribution >= 0.6 is 0 Å². The molecule has 6 nitrogen and oxygen atoms in total. The molecule has 1 aliphatic rings. The van der Waals surface area contributed by atoms with Crippen molar-refractivity contribution in [3.63, 3.8) is 0 Å². The molecule has 2 rings (SSSR count). The fraction of sp³-hybridized carbons (Fsp3) is 0.529. The van der Waals surface area contributed by atoms with Gasteiger partial charge in [-0.25, -0.2) is 0 Å². The van der Waals surface area contributed by atoms with Crippen LogP contribution in [0, 0.1) is 0 Å². The number of carbonyl (C=O) groups excluding carboxylic acids is 2. The molecule has 0 saturated carbocycles. The van der Waals surface area contributed by atoms with Crippen LogP contribution in [0.2, 0.25) is 0 Å². The number of nitrogens with two attached hydrogens (primary N) is 1. The van der Waals surface area contributed by atoms with Crippen LogP contribution in [0.4, 0.5) is 0 Å². The molecule has 1 aromatic carbocycles. The van der Waals surface area contributed by atoms with E-state index in [1.54, 1.807) is 43.4 Å². The average molecular weight is 320 g/mol. The maximum Gasteiger partial charge on any atom is 0.254 e. The highest BCUT2D eigenvalue weighted by atomic mass is 16.5. The minimum Gasteiger partial charge on any atom is -0.497 e. The molecule has 1 aromatic rings. The summed E-state index contributed by atoms with van der Waals surface area (Å²) < 4.78 is 10.8. The molecular formula is C17H24N2O4. The van der Waals surface area contributed by atoms with Crippen molar-refractivity contribution in [1.29, 1.82) is 0 Å². The van der Waals surface area contributed by atoms with Crippen molar-refractivity contribution in [2.24, 2.45) is 5.73 Å². The predicted octanol–water partition coefficient (Wildman–Crippen LogP) is 1.58. The number of methoxy groups -OCH3 is 2. The summed E-state index contributed by atoms with van der Waals surface area (Å²) in [7, 11) is 3.20. The van der Waals surface area contributed by atoms with Crippen LogP contribution in [0.3, 0.4) is 0 Å². The van der Waals surface area contributed by atoms with Gasteiger partial charge in [-0.3, -0.25) is 9.59 Å². The Labute approximate surface area is 136 Å². The molecular weight excluding hydrogens is 296 g/mol. The molecule has 1 aliphatic heterocycles. The van der Waals surface area contributed by atoms with Crippen LogP contribution in [0.25, 0.3) is 0 Å². The number of hydrogen-bond acceptors (Lipinski definition) is 4. The molecule has 23 heavy (non-hydrogen) atoms. The quantitative estimate of drug-likeness (QED) is 0.863. The van der Waals surface area contributed by atoms with E-state index in [4.69, 9.17) is 15.2 Å². The number of amides is 2. The Kier molecular flexibility index (Phi) is 5.60. The van der Waals surface area contributed by atoms with Crippen molar-refractivity contribution in [3.8, 4) is 5.75 Å². The monoisotopic (exact) mass is 320 g/mol. The molecule has 126 valence electrons. The van der Waals surface area contributed by atoms with E-state index >= 15 is 0 Å². The zero-order valence-corrected chi connectivity index (χ0v) is 13.7. The number of carbonyl (C=O) groups is 2. The maximum atomic E-state index is 12.7. The second-order valence-electron chi connectivity index (χ2n) is 5.92. The molecule has 2 amide bonds. The summed E-state index contributed by atoms with van der Waals surface area (Å²) in [4.78, 5) is 25.6. The van der Waals surface area contributed by atoms with Gasteiger partial charge in [0.25, 0.3) is 5.91 Å². The molecule has 1 heterocycles. The Morgan fingerprint density at radius 3 is 2.78 bits per heavy atom. The van der Waals surface area contributed by atoms with Crippen molar-refractivity contribution in [3.05, 3.63) is 29.8 Å². The lowest BCUT2D eigenvalue weighted by molar-refractivity contribution is -0.120. The Balaban J connectivity index is 2.12. The highest BCUT2D eigenvalue weighted by Gasteiger charge is 2.37. The smallest absolute Gasteiger partial charge is 0.254 e. The molecule has 0 spiro atoms. The summed E-state index contributed by atoms with van der Waals surface area (Å²) in [5, 5.41) is 0. The fourth-order valence-corrected chi connectivity index (χ4v) is 3.03. The lowest BCUT2D eigenvalue weighted by Gasteiger charge is -2.42. The zero-order chi connectivity index (χ0) is 16.9. The van der Waals surface area contributed by atoms with Crippen LogP contribution in [-0.2, 0) is 9.53 Å². The van der Waals surface area contributed by atoms with Gasteiger partial charge in [-0.15, -0.1) is 0 Å². The summed E-state index contributed by atoms with van der Waals surface area (Å²) >= 11 is 0. The van der Waals surface area contributed by atoms with E-state index in [-0.39, 0.29) is 18.2 Å². The van der Waals surface area contributed by atoms with Gasteiger partial charge in [0.15, 0.2) is 0 Å². The zero-order valence-electron chi connectivity index (χ0n) is 13.7. The summed E-state index contributed by atoms with van der Waals surface area (Å²) in [6.07, 6.45) is 2.44. The number of ether oxygens (including phenoxy) is 2. The minimum atomic E-state index is -0.498. The van der Waals surface area contributed by atoms with Gasteiger partial charge in [0.1, 0.15) is 5.75 Å². The normalized spacial score (nSPS) is 21.0. The summed E-state index contributed by atoms with van der Waals surface area (Å²) in [6, 6.07) is 7.11. The van der Waals surface area contributed by atoms with Gasteiger partial charge in [-0.2, -0.15) is 0 Å². The molecule has 1 saturated heterocycles. The molecule has 2 N–H and O–H groups in total. The summed E-state index contributed by atoms with van der Waals surface area (Å²) in [5.74, 6) is 0.251. The van der Waals surface area contributed by atoms with Crippen LogP contribution in [0.5, 0.6) is 5.75 Å². The van der Waals surface area contributed by atoms with Crippen molar-refractivity contribution >= 4 is 11.8 Å². The molecule has 0 aliphatic carbocycles. The third-order valence-electron chi connectivity index (χ3n) is 4.40. The largest absolute Gasteiger partial charge is 0.497 e. The van der Waals surface area contributed by atoms with Crippen molar-refractivity contribution in [2.75, 3.05) is 27.3 Å². The number of rotatable bonds is 6. The first kappa shape index (κ1) is 17.3. The molecule has 6 heteroatoms. The third kappa shape index (κ3) is 4.22. The topological polar surface area (TPSA) is 81.9 Å². The van der Waals surface area contributed by atoms with E-state index in [0.29, 0.717) is 30.8 Å². The third-order valence-corrected chi connectivity index (χ3v) is 4.40. The highest BCUT2D eigenvalue weighted by Crippen LogP contribution is 2.30. The SMILES string of the molecule is COc1cccc(C(=O)N2CCC[C@](CCC(N)=O)(OC)C2)c1. The number of piperidine rings is 1. The average Bonchev–Trinajstić information content (AvgIpc) is 2.59. The van der Waals surface area contributed by atoms with Crippen molar-refractivity contribution < 1.29 is 19.1 Å². The van der Waals surface area contributed by atoms with Gasteiger partial charge >= 0.3 is 0 Å². The van der Waals surface area contributed by atoms with Crippen molar-refractivity contribution in [1.82, 2.24) is 4.90 Å². The number of hydrogen-bond donors (Lipinski definition) is 1. The van der Waals surface area contributed by atoms with E-state index in [1.807, 2.05) is 0 Å². The first-order valence-electron chi connectivity index (χ1n) is 7.76. The minimum absolute atomic E-state index is 0.0518. The molecule has 0 aromatic heterocycles. The van der Waals surface area contributed by atoms with E-state index in [0.717, 1.165) is 12.8 Å². The van der Waals surface area contributed by atoms with E-state index in [9.17, 15) is 9.59 Å². The van der Waals surface area contributed by atoms with E-state index in [1.165, 1.54) is 0 Å². The molecule has 1 fully saturated rings. The van der Waals surface area contributed by atoms with Crippen LogP contribution in [0.1, 0.15) is 36.0 Å². The second-order valence-corrected chi connectivity index (χ2v) is 5.92. The number of likely N-dealkylation sites (tertiary alicyclic amines) is 1. The Morgan fingerprint density at radius 1 is 1.35 bits per heavy atom. The first-order valence-corrected chi connectivity index (χ1v) is 7.76. The summed E-state index contributed by atoms with van der Waals surface area (Å²) in [6.45, 7) is 1.14. The molecule has 0 unspecified atom stereocenters. The number of primary amides is 1. The predicted molar refractivity (Wildman–Crippen MR) is 86.3 cm³/mol. The van der Waals surface area contributed by atoms with Gasteiger partial charge in [0.2, 0.25) is 5.91 Å². The Bertz CT molecular complexity index is 575. The second kappa shape index (κ2) is 7.46. The van der Waals surface area contributed by atoms with Gasteiger partial charge < -0.3 is 20.1 Å². The van der Waals surface area contributed by atoms with Gasteiger partial charge in [0.05, 0.1) is 12.7 Å². The molecule has 0 bridgehead atoms.